The lowest BCUT2D eigenvalue weighted by atomic mass is 10.2. The summed E-state index contributed by atoms with van der Waals surface area (Å²) in [5.74, 6) is -0.123. The van der Waals surface area contributed by atoms with Crippen LogP contribution < -0.4 is 11.1 Å². The third-order valence-electron chi connectivity index (χ3n) is 2.94. The average Bonchev–Trinajstić information content (AvgIpc) is 2.74. The maximum atomic E-state index is 12.2. The van der Waals surface area contributed by atoms with E-state index in [1.54, 1.807) is 18.0 Å². The van der Waals surface area contributed by atoms with Gasteiger partial charge in [0.2, 0.25) is 0 Å². The number of amides is 1. The Balaban J connectivity index is 2.20. The van der Waals surface area contributed by atoms with Gasteiger partial charge in [-0.15, -0.1) is 11.3 Å². The Kier molecular flexibility index (Phi) is 4.01. The SMILES string of the molecule is CSC(C)(C)CNC(=O)c1sc2ncccc2c1N. The second-order valence-electron chi connectivity index (χ2n) is 4.85. The fourth-order valence-corrected chi connectivity index (χ4v) is 2.76. The summed E-state index contributed by atoms with van der Waals surface area (Å²) in [5, 5.41) is 3.78. The molecule has 0 saturated heterocycles. The Bertz CT molecular complexity index is 607. The fraction of sp³-hybridized carbons (Fsp3) is 0.385. The van der Waals surface area contributed by atoms with Gasteiger partial charge >= 0.3 is 0 Å². The third-order valence-corrected chi connectivity index (χ3v) is 5.32. The van der Waals surface area contributed by atoms with Crippen LogP contribution in [0.1, 0.15) is 23.5 Å². The van der Waals surface area contributed by atoms with E-state index in [0.717, 1.165) is 10.2 Å². The number of rotatable bonds is 4. The van der Waals surface area contributed by atoms with Gasteiger partial charge in [0.15, 0.2) is 0 Å². The summed E-state index contributed by atoms with van der Waals surface area (Å²) in [6, 6.07) is 3.71. The van der Waals surface area contributed by atoms with Crippen molar-refractivity contribution >= 4 is 44.9 Å². The third kappa shape index (κ3) is 3.01. The minimum Gasteiger partial charge on any atom is -0.397 e. The highest BCUT2D eigenvalue weighted by Gasteiger charge is 2.20. The molecule has 0 aromatic carbocycles. The number of aromatic nitrogens is 1. The number of nitrogen functional groups attached to an aromatic ring is 1. The van der Waals surface area contributed by atoms with Crippen molar-refractivity contribution in [3.05, 3.63) is 23.2 Å². The molecule has 0 aliphatic rings. The first kappa shape index (κ1) is 14.1. The van der Waals surface area contributed by atoms with Gasteiger partial charge in [0.1, 0.15) is 9.71 Å². The van der Waals surface area contributed by atoms with Crippen LogP contribution in [-0.4, -0.2) is 28.4 Å². The summed E-state index contributed by atoms with van der Waals surface area (Å²) in [7, 11) is 0. The quantitative estimate of drug-likeness (QED) is 0.910. The van der Waals surface area contributed by atoms with Crippen molar-refractivity contribution in [3.63, 3.8) is 0 Å². The zero-order valence-electron chi connectivity index (χ0n) is 11.2. The van der Waals surface area contributed by atoms with Gasteiger partial charge in [-0.1, -0.05) is 0 Å². The molecule has 2 heterocycles. The van der Waals surface area contributed by atoms with Crippen molar-refractivity contribution in [2.24, 2.45) is 0 Å². The highest BCUT2D eigenvalue weighted by molar-refractivity contribution is 7.99. The lowest BCUT2D eigenvalue weighted by Crippen LogP contribution is -2.35. The predicted octanol–water partition coefficient (Wildman–Crippen LogP) is 2.75. The molecule has 6 heteroatoms. The van der Waals surface area contributed by atoms with Crippen molar-refractivity contribution in [1.29, 1.82) is 0 Å². The minimum atomic E-state index is -0.123. The van der Waals surface area contributed by atoms with Crippen LogP contribution >= 0.6 is 23.1 Å². The number of fused-ring (bicyclic) bond motifs is 1. The molecule has 0 saturated carbocycles. The maximum Gasteiger partial charge on any atom is 0.263 e. The topological polar surface area (TPSA) is 68.0 Å². The van der Waals surface area contributed by atoms with E-state index in [9.17, 15) is 4.79 Å². The van der Waals surface area contributed by atoms with E-state index < -0.39 is 0 Å². The molecule has 2 aromatic rings. The first-order valence-electron chi connectivity index (χ1n) is 5.91. The van der Waals surface area contributed by atoms with Crippen LogP contribution in [0.15, 0.2) is 18.3 Å². The van der Waals surface area contributed by atoms with E-state index in [4.69, 9.17) is 5.73 Å². The molecule has 4 nitrogen and oxygen atoms in total. The molecule has 2 rings (SSSR count). The van der Waals surface area contributed by atoms with Gasteiger partial charge in [0.25, 0.3) is 5.91 Å². The van der Waals surface area contributed by atoms with E-state index >= 15 is 0 Å². The van der Waals surface area contributed by atoms with Gasteiger partial charge in [0.05, 0.1) is 5.69 Å². The van der Waals surface area contributed by atoms with Crippen LogP contribution in [0, 0.1) is 0 Å². The smallest absolute Gasteiger partial charge is 0.263 e. The lowest BCUT2D eigenvalue weighted by Gasteiger charge is -2.21. The summed E-state index contributed by atoms with van der Waals surface area (Å²) in [5.41, 5.74) is 6.54. The number of nitrogens with zero attached hydrogens (tertiary/aromatic N) is 1. The Morgan fingerprint density at radius 1 is 1.58 bits per heavy atom. The number of hydrogen-bond acceptors (Lipinski definition) is 5. The number of thiophene rings is 1. The molecular formula is C13H17N3OS2. The molecule has 0 aliphatic heterocycles. The molecule has 0 bridgehead atoms. The molecule has 0 atom stereocenters. The van der Waals surface area contributed by atoms with Gasteiger partial charge in [-0.05, 0) is 32.2 Å². The predicted molar refractivity (Wildman–Crippen MR) is 84.0 cm³/mol. The van der Waals surface area contributed by atoms with Crippen LogP contribution in [0.3, 0.4) is 0 Å². The molecule has 3 N–H and O–H groups in total. The van der Waals surface area contributed by atoms with E-state index in [2.05, 4.69) is 24.1 Å². The Hall–Kier alpha value is -1.27. The van der Waals surface area contributed by atoms with E-state index in [0.29, 0.717) is 17.1 Å². The van der Waals surface area contributed by atoms with Crippen molar-refractivity contribution in [2.45, 2.75) is 18.6 Å². The van der Waals surface area contributed by atoms with Gasteiger partial charge < -0.3 is 11.1 Å². The summed E-state index contributed by atoms with van der Waals surface area (Å²) in [6.45, 7) is 4.79. The molecule has 0 unspecified atom stereocenters. The summed E-state index contributed by atoms with van der Waals surface area (Å²) < 4.78 is 0.0132. The summed E-state index contributed by atoms with van der Waals surface area (Å²) >= 11 is 3.05. The van der Waals surface area contributed by atoms with Crippen molar-refractivity contribution < 1.29 is 4.79 Å². The Morgan fingerprint density at radius 2 is 2.32 bits per heavy atom. The van der Waals surface area contributed by atoms with Crippen LogP contribution in [0.25, 0.3) is 10.2 Å². The Morgan fingerprint density at radius 3 is 2.95 bits per heavy atom. The first-order valence-corrected chi connectivity index (χ1v) is 7.95. The maximum absolute atomic E-state index is 12.2. The molecule has 102 valence electrons. The van der Waals surface area contributed by atoms with Gasteiger partial charge in [-0.3, -0.25) is 4.79 Å². The summed E-state index contributed by atoms with van der Waals surface area (Å²) in [6.07, 6.45) is 3.74. The van der Waals surface area contributed by atoms with Crippen LogP contribution in [0.5, 0.6) is 0 Å². The van der Waals surface area contributed by atoms with E-state index in [1.807, 2.05) is 18.4 Å². The van der Waals surface area contributed by atoms with Gasteiger partial charge in [-0.25, -0.2) is 4.98 Å². The van der Waals surface area contributed by atoms with Crippen molar-refractivity contribution in [1.82, 2.24) is 10.3 Å². The summed E-state index contributed by atoms with van der Waals surface area (Å²) in [4.78, 5) is 17.8. The highest BCUT2D eigenvalue weighted by Crippen LogP contribution is 2.32. The number of nitrogens with one attached hydrogen (secondary N) is 1. The number of anilines is 1. The second kappa shape index (κ2) is 5.38. The number of carbonyl (C=O) groups excluding carboxylic acids is 1. The first-order chi connectivity index (χ1) is 8.94. The average molecular weight is 295 g/mol. The minimum absolute atomic E-state index is 0.0132. The number of thioether (sulfide) groups is 1. The highest BCUT2D eigenvalue weighted by atomic mass is 32.2. The molecule has 1 amide bonds. The molecule has 0 spiro atoms. The Labute approximate surface area is 120 Å². The molecule has 0 fully saturated rings. The zero-order chi connectivity index (χ0) is 14.0. The molecule has 19 heavy (non-hydrogen) atoms. The van der Waals surface area contributed by atoms with E-state index in [1.165, 1.54) is 11.3 Å². The van der Waals surface area contributed by atoms with Crippen LogP contribution in [-0.2, 0) is 0 Å². The second-order valence-corrected chi connectivity index (χ2v) is 7.36. The molecule has 0 radical (unpaired) electrons. The van der Waals surface area contributed by atoms with Gasteiger partial charge in [-0.2, -0.15) is 11.8 Å². The standard InChI is InChI=1S/C13H17N3OS2/c1-13(2,18-3)7-16-11(17)10-9(14)8-5-4-6-15-12(8)19-10/h4-6H,7,14H2,1-3H3,(H,16,17). The number of hydrogen-bond donors (Lipinski definition) is 2. The molecule has 0 aliphatic carbocycles. The molecule has 2 aromatic heterocycles. The fourth-order valence-electron chi connectivity index (χ4n) is 1.57. The zero-order valence-corrected chi connectivity index (χ0v) is 12.8. The van der Waals surface area contributed by atoms with Crippen LogP contribution in [0.2, 0.25) is 0 Å². The normalized spacial score (nSPS) is 11.7. The van der Waals surface area contributed by atoms with Gasteiger partial charge in [0, 0.05) is 22.9 Å². The monoisotopic (exact) mass is 295 g/mol. The van der Waals surface area contributed by atoms with Crippen LogP contribution in [0.4, 0.5) is 5.69 Å². The lowest BCUT2D eigenvalue weighted by molar-refractivity contribution is 0.0955. The van der Waals surface area contributed by atoms with Crippen molar-refractivity contribution in [2.75, 3.05) is 18.5 Å². The largest absolute Gasteiger partial charge is 0.397 e. The van der Waals surface area contributed by atoms with E-state index in [-0.39, 0.29) is 10.7 Å². The molecular weight excluding hydrogens is 278 g/mol. The number of nitrogens with two attached hydrogens (primary N) is 1. The number of carbonyl (C=O) groups is 1. The number of pyridine rings is 1. The van der Waals surface area contributed by atoms with Crippen molar-refractivity contribution in [3.8, 4) is 0 Å².